The molecule has 3 rings (SSSR count). The molecule has 0 atom stereocenters. The first-order chi connectivity index (χ1) is 12.2. The Morgan fingerprint density at radius 1 is 1.16 bits per heavy atom. The molecule has 0 bridgehead atoms. The molecule has 0 radical (unpaired) electrons. The van der Waals surface area contributed by atoms with Gasteiger partial charge in [0, 0.05) is 22.8 Å². The van der Waals surface area contributed by atoms with Gasteiger partial charge in [0.05, 0.1) is 11.9 Å². The van der Waals surface area contributed by atoms with Crippen LogP contribution in [0.15, 0.2) is 70.4 Å². The summed E-state index contributed by atoms with van der Waals surface area (Å²) < 4.78 is 5.72. The molecule has 128 valence electrons. The van der Waals surface area contributed by atoms with Crippen LogP contribution >= 0.6 is 23.4 Å². The van der Waals surface area contributed by atoms with E-state index < -0.39 is 0 Å². The average molecular weight is 373 g/mol. The highest BCUT2D eigenvalue weighted by Gasteiger charge is 2.16. The van der Waals surface area contributed by atoms with Gasteiger partial charge < -0.3 is 9.32 Å². The fraction of sp³-hybridized carbons (Fsp3) is 0.158. The number of carbonyl (C=O) groups is 1. The maximum Gasteiger partial charge on any atom is 0.256 e. The van der Waals surface area contributed by atoms with Crippen molar-refractivity contribution in [3.63, 3.8) is 0 Å². The van der Waals surface area contributed by atoms with E-state index >= 15 is 0 Å². The van der Waals surface area contributed by atoms with Crippen molar-refractivity contribution in [3.8, 4) is 11.3 Å². The minimum absolute atomic E-state index is 0.0185. The van der Waals surface area contributed by atoms with E-state index in [0.29, 0.717) is 22.6 Å². The van der Waals surface area contributed by atoms with Crippen molar-refractivity contribution in [1.82, 2.24) is 4.98 Å². The van der Waals surface area contributed by atoms with E-state index in [4.69, 9.17) is 16.0 Å². The van der Waals surface area contributed by atoms with Crippen LogP contribution in [0.5, 0.6) is 0 Å². The Kier molecular flexibility index (Phi) is 5.79. The van der Waals surface area contributed by atoms with Crippen LogP contribution in [-0.2, 0) is 4.79 Å². The smallest absolute Gasteiger partial charge is 0.256 e. The van der Waals surface area contributed by atoms with Crippen LogP contribution in [0.2, 0.25) is 5.02 Å². The minimum atomic E-state index is 0.0185. The molecule has 1 aromatic heterocycles. The van der Waals surface area contributed by atoms with Crippen molar-refractivity contribution in [2.45, 2.75) is 12.1 Å². The number of para-hydroxylation sites is 1. The van der Waals surface area contributed by atoms with Gasteiger partial charge in [0.25, 0.3) is 5.22 Å². The molecule has 0 saturated heterocycles. The molecule has 0 aliphatic carbocycles. The molecule has 1 heterocycles. The van der Waals surface area contributed by atoms with Crippen molar-refractivity contribution < 1.29 is 9.21 Å². The quantitative estimate of drug-likeness (QED) is 0.562. The predicted octanol–water partition coefficient (Wildman–Crippen LogP) is 5.14. The zero-order chi connectivity index (χ0) is 17.6. The second-order valence-corrected chi connectivity index (χ2v) is 6.62. The zero-order valence-electron chi connectivity index (χ0n) is 13.7. The van der Waals surface area contributed by atoms with Gasteiger partial charge in [-0.05, 0) is 43.3 Å². The van der Waals surface area contributed by atoms with E-state index in [1.165, 1.54) is 11.8 Å². The molecule has 0 N–H and O–H groups in total. The molecule has 0 spiro atoms. The number of aromatic nitrogens is 1. The van der Waals surface area contributed by atoms with Crippen LogP contribution in [0.25, 0.3) is 11.3 Å². The number of oxazole rings is 1. The van der Waals surface area contributed by atoms with Gasteiger partial charge in [-0.1, -0.05) is 41.6 Å². The third kappa shape index (κ3) is 4.44. The summed E-state index contributed by atoms with van der Waals surface area (Å²) in [5.41, 5.74) is 1.79. The number of nitrogens with zero attached hydrogens (tertiary/aromatic N) is 2. The second-order valence-electron chi connectivity index (χ2n) is 5.26. The van der Waals surface area contributed by atoms with Crippen molar-refractivity contribution in [2.24, 2.45) is 0 Å². The first kappa shape index (κ1) is 17.6. The van der Waals surface area contributed by atoms with Gasteiger partial charge in [-0.2, -0.15) is 0 Å². The van der Waals surface area contributed by atoms with Gasteiger partial charge in [-0.25, -0.2) is 4.98 Å². The van der Waals surface area contributed by atoms with E-state index in [1.807, 2.05) is 49.4 Å². The van der Waals surface area contributed by atoms with Crippen LogP contribution < -0.4 is 4.90 Å². The van der Waals surface area contributed by atoms with Crippen LogP contribution in [0, 0.1) is 0 Å². The molecule has 2 aromatic carbocycles. The summed E-state index contributed by atoms with van der Waals surface area (Å²) in [6, 6.07) is 17.0. The Bertz CT molecular complexity index is 834. The molecule has 3 aromatic rings. The number of anilines is 1. The highest BCUT2D eigenvalue weighted by molar-refractivity contribution is 7.99. The van der Waals surface area contributed by atoms with E-state index in [9.17, 15) is 4.79 Å². The number of amides is 1. The average Bonchev–Trinajstić information content (AvgIpc) is 3.11. The van der Waals surface area contributed by atoms with Crippen molar-refractivity contribution in [3.05, 3.63) is 65.8 Å². The maximum absolute atomic E-state index is 12.5. The SMILES string of the molecule is CCN(C(=O)CSc1ncc(-c2ccc(Cl)cc2)o1)c1ccccc1. The Morgan fingerprint density at radius 3 is 2.56 bits per heavy atom. The number of hydrogen-bond acceptors (Lipinski definition) is 4. The lowest BCUT2D eigenvalue weighted by atomic mass is 10.2. The van der Waals surface area contributed by atoms with Gasteiger partial charge in [0.15, 0.2) is 5.76 Å². The monoisotopic (exact) mass is 372 g/mol. The number of thioether (sulfide) groups is 1. The molecule has 4 nitrogen and oxygen atoms in total. The lowest BCUT2D eigenvalue weighted by Crippen LogP contribution is -2.32. The van der Waals surface area contributed by atoms with Crippen LogP contribution in [-0.4, -0.2) is 23.2 Å². The van der Waals surface area contributed by atoms with E-state index in [2.05, 4.69) is 4.98 Å². The lowest BCUT2D eigenvalue weighted by molar-refractivity contribution is -0.116. The lowest BCUT2D eigenvalue weighted by Gasteiger charge is -2.20. The summed E-state index contributed by atoms with van der Waals surface area (Å²) in [4.78, 5) is 18.5. The number of carbonyl (C=O) groups excluding carboxylic acids is 1. The molecule has 6 heteroatoms. The Hall–Kier alpha value is -2.24. The van der Waals surface area contributed by atoms with E-state index in [1.54, 1.807) is 23.2 Å². The minimum Gasteiger partial charge on any atom is -0.431 e. The molecule has 1 amide bonds. The number of benzene rings is 2. The third-order valence-corrected chi connectivity index (χ3v) is 4.70. The number of rotatable bonds is 6. The van der Waals surface area contributed by atoms with Crippen LogP contribution in [0.4, 0.5) is 5.69 Å². The fourth-order valence-electron chi connectivity index (χ4n) is 2.38. The first-order valence-corrected chi connectivity index (χ1v) is 9.23. The summed E-state index contributed by atoms with van der Waals surface area (Å²) >= 11 is 7.18. The molecular formula is C19H17ClN2O2S. The second kappa shape index (κ2) is 8.23. The van der Waals surface area contributed by atoms with Gasteiger partial charge in [0.1, 0.15) is 0 Å². The van der Waals surface area contributed by atoms with Gasteiger partial charge >= 0.3 is 0 Å². The van der Waals surface area contributed by atoms with Crippen molar-refractivity contribution >= 4 is 35.0 Å². The largest absolute Gasteiger partial charge is 0.431 e. The molecule has 0 saturated carbocycles. The van der Waals surface area contributed by atoms with Crippen LogP contribution in [0.3, 0.4) is 0 Å². The molecule has 0 aliphatic rings. The molecular weight excluding hydrogens is 356 g/mol. The predicted molar refractivity (Wildman–Crippen MR) is 102 cm³/mol. The van der Waals surface area contributed by atoms with Crippen molar-refractivity contribution in [2.75, 3.05) is 17.2 Å². The first-order valence-electron chi connectivity index (χ1n) is 7.87. The number of hydrogen-bond donors (Lipinski definition) is 0. The highest BCUT2D eigenvalue weighted by Crippen LogP contribution is 2.27. The molecule has 0 unspecified atom stereocenters. The molecule has 0 fully saturated rings. The third-order valence-electron chi connectivity index (χ3n) is 3.62. The summed E-state index contributed by atoms with van der Waals surface area (Å²) in [7, 11) is 0. The Labute approximate surface area is 155 Å². The summed E-state index contributed by atoms with van der Waals surface area (Å²) in [6.45, 7) is 2.57. The zero-order valence-corrected chi connectivity index (χ0v) is 15.3. The summed E-state index contributed by atoms with van der Waals surface area (Å²) in [5, 5.41) is 1.14. The highest BCUT2D eigenvalue weighted by atomic mass is 35.5. The molecule has 0 aliphatic heterocycles. The van der Waals surface area contributed by atoms with E-state index in [-0.39, 0.29) is 11.7 Å². The molecule has 25 heavy (non-hydrogen) atoms. The van der Waals surface area contributed by atoms with E-state index in [0.717, 1.165) is 11.3 Å². The summed E-state index contributed by atoms with van der Waals surface area (Å²) in [5.74, 6) is 0.940. The Morgan fingerprint density at radius 2 is 1.88 bits per heavy atom. The maximum atomic E-state index is 12.5. The van der Waals surface area contributed by atoms with Gasteiger partial charge in [0.2, 0.25) is 5.91 Å². The van der Waals surface area contributed by atoms with Crippen molar-refractivity contribution in [1.29, 1.82) is 0 Å². The normalized spacial score (nSPS) is 10.6. The summed E-state index contributed by atoms with van der Waals surface area (Å²) in [6.07, 6.45) is 1.66. The van der Waals surface area contributed by atoms with Gasteiger partial charge in [-0.3, -0.25) is 4.79 Å². The topological polar surface area (TPSA) is 46.3 Å². The number of halogens is 1. The van der Waals surface area contributed by atoms with Gasteiger partial charge in [-0.15, -0.1) is 0 Å². The standard InChI is InChI=1S/C19H17ClN2O2S/c1-2-22(16-6-4-3-5-7-16)18(23)13-25-19-21-12-17(24-19)14-8-10-15(20)11-9-14/h3-12H,2,13H2,1H3. The fourth-order valence-corrected chi connectivity index (χ4v) is 3.19. The Balaban J connectivity index is 1.63. The van der Waals surface area contributed by atoms with Crippen LogP contribution in [0.1, 0.15) is 6.92 Å².